The zero-order valence-electron chi connectivity index (χ0n) is 19.2. The van der Waals surface area contributed by atoms with Gasteiger partial charge in [0.2, 0.25) is 0 Å². The fourth-order valence-corrected chi connectivity index (χ4v) is 4.78. The van der Waals surface area contributed by atoms with Crippen LogP contribution >= 0.6 is 11.3 Å². The number of carbonyl (C=O) groups is 3. The highest BCUT2D eigenvalue weighted by molar-refractivity contribution is 7.17. The Kier molecular flexibility index (Phi) is 6.80. The Hall–Kier alpha value is -4.18. The molecule has 1 amide bonds. The molecule has 1 atom stereocenters. The molecule has 1 N–H and O–H groups in total. The highest BCUT2D eigenvalue weighted by Crippen LogP contribution is 2.44. The minimum Gasteiger partial charge on any atom is -0.507 e. The smallest absolute Gasteiger partial charge is 0.350 e. The number of hydrogen-bond acceptors (Lipinski definition) is 7. The highest BCUT2D eigenvalue weighted by Gasteiger charge is 2.49. The van der Waals surface area contributed by atoms with Crippen molar-refractivity contribution in [3.63, 3.8) is 0 Å². The van der Waals surface area contributed by atoms with Gasteiger partial charge in [0.25, 0.3) is 5.78 Å². The molecule has 2 heterocycles. The molecule has 0 bridgehead atoms. The molecule has 1 aromatic heterocycles. The number of rotatable bonds is 6. The minimum absolute atomic E-state index is 0.0433. The van der Waals surface area contributed by atoms with E-state index in [4.69, 9.17) is 4.74 Å². The number of nitrogens with zero attached hydrogens (tertiary/aromatic N) is 2. The van der Waals surface area contributed by atoms with Crippen LogP contribution in [-0.4, -0.2) is 34.4 Å². The zero-order chi connectivity index (χ0) is 26.1. The quantitative estimate of drug-likeness (QED) is 0.165. The topological polar surface area (TPSA) is 96.8 Å². The summed E-state index contributed by atoms with van der Waals surface area (Å²) in [6.07, 6.45) is 1.39. The van der Waals surface area contributed by atoms with Gasteiger partial charge in [-0.1, -0.05) is 54.3 Å². The maximum atomic E-state index is 15.0. The van der Waals surface area contributed by atoms with Gasteiger partial charge < -0.3 is 9.84 Å². The number of hydrogen-bond donors (Lipinski definition) is 1. The van der Waals surface area contributed by atoms with Crippen molar-refractivity contribution >= 4 is 39.9 Å². The number of ketones is 1. The number of thiazole rings is 1. The molecule has 0 unspecified atom stereocenters. The Bertz CT molecular complexity index is 1450. The van der Waals surface area contributed by atoms with Gasteiger partial charge in [-0.3, -0.25) is 14.5 Å². The van der Waals surface area contributed by atoms with Crippen LogP contribution in [0.1, 0.15) is 38.1 Å². The van der Waals surface area contributed by atoms with Crippen molar-refractivity contribution in [2.24, 2.45) is 0 Å². The first kappa shape index (κ1) is 24.9. The SMILES string of the molecule is C=CCOC(=O)c1sc(N2C(=O)C(=O)C(=C(O)c3ccc(C)c(F)c3)[C@@H]2c2ccccc2F)nc1C. The van der Waals surface area contributed by atoms with Crippen LogP contribution in [0, 0.1) is 25.5 Å². The fraction of sp³-hybridized carbons (Fsp3) is 0.154. The summed E-state index contributed by atoms with van der Waals surface area (Å²) in [5.74, 6) is -4.93. The highest BCUT2D eigenvalue weighted by atomic mass is 32.1. The van der Waals surface area contributed by atoms with Gasteiger partial charge in [-0.25, -0.2) is 18.6 Å². The van der Waals surface area contributed by atoms with Gasteiger partial charge >= 0.3 is 11.9 Å². The number of esters is 1. The van der Waals surface area contributed by atoms with E-state index in [1.54, 1.807) is 0 Å². The van der Waals surface area contributed by atoms with Gasteiger partial charge in [-0.2, -0.15) is 0 Å². The number of ether oxygens (including phenoxy) is 1. The summed E-state index contributed by atoms with van der Waals surface area (Å²) >= 11 is 0.786. The molecule has 1 aliphatic rings. The number of aromatic nitrogens is 1. The molecular formula is C26H20F2N2O5S. The molecule has 36 heavy (non-hydrogen) atoms. The maximum absolute atomic E-state index is 15.0. The number of aliphatic hydroxyl groups is 1. The zero-order valence-corrected chi connectivity index (χ0v) is 20.1. The first-order valence-corrected chi connectivity index (χ1v) is 11.5. The van der Waals surface area contributed by atoms with E-state index in [1.165, 1.54) is 50.3 Å². The Balaban J connectivity index is 1.91. The first-order chi connectivity index (χ1) is 17.1. The van der Waals surface area contributed by atoms with Gasteiger partial charge in [-0.05, 0) is 31.5 Å². The van der Waals surface area contributed by atoms with E-state index in [1.807, 2.05) is 0 Å². The van der Waals surface area contributed by atoms with Crippen LogP contribution in [0.4, 0.5) is 13.9 Å². The monoisotopic (exact) mass is 510 g/mol. The third kappa shape index (κ3) is 4.31. The molecule has 184 valence electrons. The van der Waals surface area contributed by atoms with Crippen LogP contribution in [-0.2, 0) is 14.3 Å². The molecule has 1 saturated heterocycles. The first-order valence-electron chi connectivity index (χ1n) is 10.7. The lowest BCUT2D eigenvalue weighted by Crippen LogP contribution is -2.29. The molecule has 10 heteroatoms. The lowest BCUT2D eigenvalue weighted by molar-refractivity contribution is -0.132. The second-order valence-corrected chi connectivity index (χ2v) is 8.93. The third-order valence-electron chi connectivity index (χ3n) is 5.60. The molecule has 0 aliphatic carbocycles. The lowest BCUT2D eigenvalue weighted by Gasteiger charge is -2.23. The van der Waals surface area contributed by atoms with E-state index in [0.29, 0.717) is 5.56 Å². The van der Waals surface area contributed by atoms with Gasteiger partial charge in [0.05, 0.1) is 11.3 Å². The molecule has 2 aromatic carbocycles. The van der Waals surface area contributed by atoms with E-state index < -0.39 is 46.7 Å². The molecule has 1 fully saturated rings. The average Bonchev–Trinajstić information content (AvgIpc) is 3.36. The van der Waals surface area contributed by atoms with Crippen LogP contribution in [0.2, 0.25) is 0 Å². The van der Waals surface area contributed by atoms with E-state index >= 15 is 0 Å². The maximum Gasteiger partial charge on any atom is 0.350 e. The van der Waals surface area contributed by atoms with E-state index in [-0.39, 0.29) is 33.4 Å². The van der Waals surface area contributed by atoms with E-state index in [0.717, 1.165) is 28.4 Å². The minimum atomic E-state index is -1.42. The van der Waals surface area contributed by atoms with Crippen molar-refractivity contribution in [2.75, 3.05) is 11.5 Å². The van der Waals surface area contributed by atoms with Crippen LogP contribution in [0.5, 0.6) is 0 Å². The summed E-state index contributed by atoms with van der Waals surface area (Å²) in [5.41, 5.74) is -0.0291. The summed E-state index contributed by atoms with van der Waals surface area (Å²) < 4.78 is 34.3. The van der Waals surface area contributed by atoms with Crippen molar-refractivity contribution in [3.05, 3.63) is 99.6 Å². The second-order valence-electron chi connectivity index (χ2n) is 7.95. The standard InChI is InChI=1S/C26H20F2N2O5S/c1-4-11-35-25(34)23-14(3)29-26(36-23)30-20(16-7-5-6-8-17(16)27)19(22(32)24(30)33)21(31)15-10-9-13(2)18(28)12-15/h4-10,12,20,31H,1,11H2,2-3H3/t20-/m0/s1. The van der Waals surface area contributed by atoms with Crippen LogP contribution in [0.15, 0.2) is 60.7 Å². The Morgan fingerprint density at radius 1 is 1.19 bits per heavy atom. The van der Waals surface area contributed by atoms with Crippen molar-refractivity contribution in [2.45, 2.75) is 19.9 Å². The number of benzene rings is 2. The lowest BCUT2D eigenvalue weighted by atomic mass is 9.94. The molecule has 0 saturated carbocycles. The summed E-state index contributed by atoms with van der Waals surface area (Å²) in [5, 5.41) is 11.0. The number of aryl methyl sites for hydroxylation is 2. The van der Waals surface area contributed by atoms with Gasteiger partial charge in [-0.15, -0.1) is 0 Å². The van der Waals surface area contributed by atoms with Crippen molar-refractivity contribution in [1.82, 2.24) is 4.98 Å². The third-order valence-corrected chi connectivity index (χ3v) is 6.74. The summed E-state index contributed by atoms with van der Waals surface area (Å²) in [7, 11) is 0. The number of amides is 1. The normalized spacial score (nSPS) is 16.9. The summed E-state index contributed by atoms with van der Waals surface area (Å²) in [4.78, 5) is 44.1. The number of anilines is 1. The van der Waals surface area contributed by atoms with E-state index in [2.05, 4.69) is 11.6 Å². The van der Waals surface area contributed by atoms with Crippen LogP contribution < -0.4 is 4.90 Å². The Morgan fingerprint density at radius 2 is 1.92 bits per heavy atom. The average molecular weight is 511 g/mol. The second kappa shape index (κ2) is 9.82. The summed E-state index contributed by atoms with van der Waals surface area (Å²) in [6.45, 7) is 6.49. The van der Waals surface area contributed by atoms with Crippen LogP contribution in [0.25, 0.3) is 5.76 Å². The van der Waals surface area contributed by atoms with Gasteiger partial charge in [0.15, 0.2) is 5.13 Å². The molecule has 1 aliphatic heterocycles. The Labute approximate surface area is 209 Å². The van der Waals surface area contributed by atoms with Crippen molar-refractivity contribution in [1.29, 1.82) is 0 Å². The molecule has 0 spiro atoms. The fourth-order valence-electron chi connectivity index (χ4n) is 3.79. The Morgan fingerprint density at radius 3 is 2.58 bits per heavy atom. The predicted octanol–water partition coefficient (Wildman–Crippen LogP) is 5.01. The predicted molar refractivity (Wildman–Crippen MR) is 130 cm³/mol. The summed E-state index contributed by atoms with van der Waals surface area (Å²) in [6, 6.07) is 7.85. The van der Waals surface area contributed by atoms with Gasteiger partial charge in [0.1, 0.15) is 34.9 Å². The number of aliphatic hydroxyl groups excluding tert-OH is 1. The number of Topliss-reactive ketones (excluding diaryl/α,β-unsaturated/α-hetero) is 1. The number of halogens is 2. The van der Waals surface area contributed by atoms with E-state index in [9.17, 15) is 28.3 Å². The molecule has 7 nitrogen and oxygen atoms in total. The van der Waals surface area contributed by atoms with Gasteiger partial charge in [0, 0.05) is 11.1 Å². The van der Waals surface area contributed by atoms with Crippen LogP contribution in [0.3, 0.4) is 0 Å². The van der Waals surface area contributed by atoms with Crippen molar-refractivity contribution < 1.29 is 33.0 Å². The van der Waals surface area contributed by atoms with Crippen molar-refractivity contribution in [3.8, 4) is 0 Å². The molecular weight excluding hydrogens is 490 g/mol. The largest absolute Gasteiger partial charge is 0.507 e. The number of carbonyl (C=O) groups excluding carboxylic acids is 3. The molecule has 4 rings (SSSR count). The molecule has 3 aromatic rings. The molecule has 0 radical (unpaired) electrons.